The van der Waals surface area contributed by atoms with Crippen LogP contribution in [-0.4, -0.2) is 15.5 Å². The van der Waals surface area contributed by atoms with E-state index in [4.69, 9.17) is 4.74 Å². The van der Waals surface area contributed by atoms with Gasteiger partial charge in [-0.1, -0.05) is 19.1 Å². The molecule has 1 aromatic heterocycles. The average molecular weight is 297 g/mol. The molecule has 0 spiro atoms. The van der Waals surface area contributed by atoms with Gasteiger partial charge in [-0.25, -0.2) is 8.42 Å². The van der Waals surface area contributed by atoms with Crippen molar-refractivity contribution < 1.29 is 13.2 Å². The Labute approximate surface area is 117 Å². The number of rotatable bonds is 5. The van der Waals surface area contributed by atoms with E-state index in [1.165, 1.54) is 18.4 Å². The van der Waals surface area contributed by atoms with Crippen LogP contribution >= 0.6 is 11.3 Å². The van der Waals surface area contributed by atoms with Gasteiger partial charge in [0.15, 0.2) is 0 Å². The first-order valence-corrected chi connectivity index (χ1v) is 8.11. The number of para-hydroxylation sites is 2. The third kappa shape index (κ3) is 3.08. The minimum Gasteiger partial charge on any atom is -0.495 e. The molecule has 0 aliphatic carbocycles. The third-order valence-corrected chi connectivity index (χ3v) is 5.69. The molecule has 0 amide bonds. The number of aryl methyl sites for hydroxylation is 1. The summed E-state index contributed by atoms with van der Waals surface area (Å²) in [6, 6.07) is 10.4. The van der Waals surface area contributed by atoms with E-state index in [-0.39, 0.29) is 0 Å². The number of ether oxygens (including phenoxy) is 1. The van der Waals surface area contributed by atoms with Crippen LogP contribution in [0.25, 0.3) is 0 Å². The van der Waals surface area contributed by atoms with Crippen LogP contribution < -0.4 is 9.46 Å². The lowest BCUT2D eigenvalue weighted by Crippen LogP contribution is -2.12. The fourth-order valence-corrected chi connectivity index (χ4v) is 3.98. The normalized spacial score (nSPS) is 11.3. The molecular weight excluding hydrogens is 282 g/mol. The molecule has 1 aromatic carbocycles. The summed E-state index contributed by atoms with van der Waals surface area (Å²) >= 11 is 1.28. The van der Waals surface area contributed by atoms with E-state index >= 15 is 0 Å². The van der Waals surface area contributed by atoms with Crippen molar-refractivity contribution in [1.29, 1.82) is 0 Å². The van der Waals surface area contributed by atoms with Crippen molar-refractivity contribution in [3.8, 4) is 5.75 Å². The van der Waals surface area contributed by atoms with E-state index in [2.05, 4.69) is 4.72 Å². The summed E-state index contributed by atoms with van der Waals surface area (Å²) in [6.45, 7) is 2.00. The standard InChI is InChI=1S/C13H15NO3S2/c1-3-10-8-9-13(18-10)19(15,16)14-11-6-4-5-7-12(11)17-2/h4-9,14H,3H2,1-2H3. The van der Waals surface area contributed by atoms with Crippen LogP contribution in [0.2, 0.25) is 0 Å². The Morgan fingerprint density at radius 3 is 2.58 bits per heavy atom. The Balaban J connectivity index is 2.31. The second-order valence-electron chi connectivity index (χ2n) is 3.88. The topological polar surface area (TPSA) is 55.4 Å². The maximum Gasteiger partial charge on any atom is 0.271 e. The molecular formula is C13H15NO3S2. The van der Waals surface area contributed by atoms with Crippen LogP contribution in [0.15, 0.2) is 40.6 Å². The highest BCUT2D eigenvalue weighted by atomic mass is 32.2. The number of methoxy groups -OCH3 is 1. The summed E-state index contributed by atoms with van der Waals surface area (Å²) in [4.78, 5) is 1.04. The zero-order valence-corrected chi connectivity index (χ0v) is 12.3. The maximum absolute atomic E-state index is 12.2. The van der Waals surface area contributed by atoms with Crippen LogP contribution in [0, 0.1) is 0 Å². The summed E-state index contributed by atoms with van der Waals surface area (Å²) < 4.78 is 32.5. The van der Waals surface area contributed by atoms with Gasteiger partial charge < -0.3 is 4.74 Å². The molecule has 6 heteroatoms. The molecule has 0 radical (unpaired) electrons. The summed E-state index contributed by atoms with van der Waals surface area (Å²) in [7, 11) is -2.04. The van der Waals surface area contributed by atoms with Crippen molar-refractivity contribution in [2.75, 3.05) is 11.8 Å². The maximum atomic E-state index is 12.2. The van der Waals surface area contributed by atoms with Crippen molar-refractivity contribution in [3.05, 3.63) is 41.3 Å². The molecule has 0 saturated carbocycles. The van der Waals surface area contributed by atoms with Gasteiger partial charge in [-0.2, -0.15) is 0 Å². The predicted molar refractivity (Wildman–Crippen MR) is 77.5 cm³/mol. The van der Waals surface area contributed by atoms with E-state index in [1.807, 2.05) is 13.0 Å². The molecule has 2 rings (SSSR count). The summed E-state index contributed by atoms with van der Waals surface area (Å²) in [5.74, 6) is 0.498. The molecule has 0 aliphatic heterocycles. The number of sulfonamides is 1. The highest BCUT2D eigenvalue weighted by Crippen LogP contribution is 2.28. The Morgan fingerprint density at radius 2 is 1.95 bits per heavy atom. The van der Waals surface area contributed by atoms with E-state index in [1.54, 1.807) is 30.3 Å². The Kier molecular flexibility index (Phi) is 4.11. The SMILES string of the molecule is CCc1ccc(S(=O)(=O)Nc2ccccc2OC)s1. The molecule has 0 saturated heterocycles. The summed E-state index contributed by atoms with van der Waals surface area (Å²) in [6.07, 6.45) is 0.828. The average Bonchev–Trinajstić information content (AvgIpc) is 2.88. The van der Waals surface area contributed by atoms with Gasteiger partial charge in [0.1, 0.15) is 9.96 Å². The number of thiophene rings is 1. The van der Waals surface area contributed by atoms with Crippen LogP contribution in [0.1, 0.15) is 11.8 Å². The van der Waals surface area contributed by atoms with E-state index < -0.39 is 10.0 Å². The van der Waals surface area contributed by atoms with Gasteiger partial charge in [-0.3, -0.25) is 4.72 Å². The predicted octanol–water partition coefficient (Wildman–Crippen LogP) is 3.12. The van der Waals surface area contributed by atoms with Gasteiger partial charge in [-0.15, -0.1) is 11.3 Å². The van der Waals surface area contributed by atoms with Crippen LogP contribution in [0.5, 0.6) is 5.75 Å². The molecule has 102 valence electrons. The zero-order chi connectivity index (χ0) is 13.9. The van der Waals surface area contributed by atoms with Crippen LogP contribution in [-0.2, 0) is 16.4 Å². The first-order valence-electron chi connectivity index (χ1n) is 5.81. The number of nitrogens with one attached hydrogen (secondary N) is 1. The van der Waals surface area contributed by atoms with Crippen molar-refractivity contribution in [2.24, 2.45) is 0 Å². The lowest BCUT2D eigenvalue weighted by Gasteiger charge is -2.10. The number of hydrogen-bond donors (Lipinski definition) is 1. The van der Waals surface area contributed by atoms with Crippen LogP contribution in [0.4, 0.5) is 5.69 Å². The number of benzene rings is 1. The lowest BCUT2D eigenvalue weighted by atomic mass is 10.3. The minimum absolute atomic E-state index is 0.315. The number of hydrogen-bond acceptors (Lipinski definition) is 4. The van der Waals surface area contributed by atoms with Gasteiger partial charge in [0, 0.05) is 4.88 Å². The molecule has 0 atom stereocenters. The molecule has 0 aliphatic rings. The zero-order valence-electron chi connectivity index (χ0n) is 10.7. The second-order valence-corrected chi connectivity index (χ2v) is 6.96. The molecule has 1 N–H and O–H groups in total. The quantitative estimate of drug-likeness (QED) is 0.922. The van der Waals surface area contributed by atoms with E-state index in [0.29, 0.717) is 15.6 Å². The van der Waals surface area contributed by atoms with Gasteiger partial charge in [0.25, 0.3) is 10.0 Å². The van der Waals surface area contributed by atoms with Crippen LogP contribution in [0.3, 0.4) is 0 Å². The summed E-state index contributed by atoms with van der Waals surface area (Å²) in [5.41, 5.74) is 0.441. The van der Waals surface area contributed by atoms with E-state index in [0.717, 1.165) is 11.3 Å². The minimum atomic E-state index is -3.55. The first kappa shape index (κ1) is 13.9. The third-order valence-electron chi connectivity index (χ3n) is 2.60. The fourth-order valence-electron chi connectivity index (χ4n) is 1.62. The summed E-state index contributed by atoms with van der Waals surface area (Å²) in [5, 5.41) is 0. The smallest absolute Gasteiger partial charge is 0.271 e. The molecule has 0 unspecified atom stereocenters. The van der Waals surface area contributed by atoms with Gasteiger partial charge in [-0.05, 0) is 30.7 Å². The molecule has 19 heavy (non-hydrogen) atoms. The highest BCUT2D eigenvalue weighted by molar-refractivity contribution is 7.94. The van der Waals surface area contributed by atoms with Gasteiger partial charge in [0.05, 0.1) is 12.8 Å². The first-order chi connectivity index (χ1) is 9.06. The molecule has 0 bridgehead atoms. The largest absolute Gasteiger partial charge is 0.495 e. The second kappa shape index (κ2) is 5.63. The van der Waals surface area contributed by atoms with E-state index in [9.17, 15) is 8.42 Å². The van der Waals surface area contributed by atoms with Gasteiger partial charge >= 0.3 is 0 Å². The van der Waals surface area contributed by atoms with Crippen molar-refractivity contribution in [1.82, 2.24) is 0 Å². The van der Waals surface area contributed by atoms with Gasteiger partial charge in [0.2, 0.25) is 0 Å². The molecule has 2 aromatic rings. The highest BCUT2D eigenvalue weighted by Gasteiger charge is 2.18. The van der Waals surface area contributed by atoms with Crippen molar-refractivity contribution in [3.63, 3.8) is 0 Å². The molecule has 0 fully saturated rings. The Bertz CT molecular complexity index is 662. The Morgan fingerprint density at radius 1 is 1.21 bits per heavy atom. The molecule has 4 nitrogen and oxygen atoms in total. The fraction of sp³-hybridized carbons (Fsp3) is 0.231. The Hall–Kier alpha value is -1.53. The number of anilines is 1. The monoisotopic (exact) mass is 297 g/mol. The molecule has 1 heterocycles. The van der Waals surface area contributed by atoms with Crippen molar-refractivity contribution >= 4 is 27.0 Å². The van der Waals surface area contributed by atoms with Crippen molar-refractivity contribution in [2.45, 2.75) is 17.6 Å². The lowest BCUT2D eigenvalue weighted by molar-refractivity contribution is 0.417.